The Kier molecular flexibility index (Phi) is 2.98. The summed E-state index contributed by atoms with van der Waals surface area (Å²) < 4.78 is 3.91. The van der Waals surface area contributed by atoms with Crippen molar-refractivity contribution < 1.29 is 0 Å². The molecule has 5 heteroatoms. The van der Waals surface area contributed by atoms with E-state index in [0.29, 0.717) is 0 Å². The first-order chi connectivity index (χ1) is 10.7. The van der Waals surface area contributed by atoms with Gasteiger partial charge in [0.15, 0.2) is 5.65 Å². The second-order valence-corrected chi connectivity index (χ2v) is 5.53. The lowest BCUT2D eigenvalue weighted by Gasteiger charge is -2.02. The van der Waals surface area contributed by atoms with Gasteiger partial charge >= 0.3 is 0 Å². The molecule has 4 nitrogen and oxygen atoms in total. The van der Waals surface area contributed by atoms with E-state index in [1.807, 2.05) is 77.1 Å². The normalized spacial score (nSPS) is 11.2. The zero-order valence-corrected chi connectivity index (χ0v) is 12.7. The summed E-state index contributed by atoms with van der Waals surface area (Å²) in [5.41, 5.74) is 4.81. The fraction of sp³-hybridized carbons (Fsp3) is 0.0588. The number of nitrogens with zero attached hydrogens (tertiary/aromatic N) is 4. The first-order valence-electron chi connectivity index (χ1n) is 6.98. The van der Waals surface area contributed by atoms with Crippen molar-refractivity contribution in [3.63, 3.8) is 0 Å². The quantitative estimate of drug-likeness (QED) is 0.557. The van der Waals surface area contributed by atoms with E-state index in [4.69, 9.17) is 11.6 Å². The van der Waals surface area contributed by atoms with Crippen LogP contribution < -0.4 is 0 Å². The highest BCUT2D eigenvalue weighted by Crippen LogP contribution is 2.24. The number of hydrogen-bond donors (Lipinski definition) is 0. The summed E-state index contributed by atoms with van der Waals surface area (Å²) in [7, 11) is 0. The monoisotopic (exact) mass is 308 g/mol. The van der Waals surface area contributed by atoms with E-state index in [9.17, 15) is 0 Å². The van der Waals surface area contributed by atoms with Crippen LogP contribution in [0.15, 0.2) is 60.9 Å². The molecular weight excluding hydrogens is 296 g/mol. The van der Waals surface area contributed by atoms with Crippen LogP contribution in [-0.2, 0) is 0 Å². The number of hydrogen-bond acceptors (Lipinski definition) is 2. The maximum Gasteiger partial charge on any atom is 0.181 e. The third-order valence-corrected chi connectivity index (χ3v) is 3.90. The van der Waals surface area contributed by atoms with E-state index in [1.165, 1.54) is 0 Å². The molecule has 0 aliphatic carbocycles. The van der Waals surface area contributed by atoms with Crippen molar-refractivity contribution in [1.82, 2.24) is 19.3 Å². The second kappa shape index (κ2) is 5.00. The molecule has 108 valence electrons. The molecule has 2 aromatic carbocycles. The lowest BCUT2D eigenvalue weighted by Crippen LogP contribution is -1.96. The minimum absolute atomic E-state index is 0.719. The van der Waals surface area contributed by atoms with Gasteiger partial charge in [0.1, 0.15) is 11.8 Å². The Balaban J connectivity index is 1.93. The van der Waals surface area contributed by atoms with Crippen LogP contribution in [0.2, 0.25) is 5.02 Å². The average molecular weight is 309 g/mol. The van der Waals surface area contributed by atoms with Crippen molar-refractivity contribution in [2.45, 2.75) is 6.92 Å². The summed E-state index contributed by atoms with van der Waals surface area (Å²) in [6, 6.07) is 17.7. The van der Waals surface area contributed by atoms with Crippen molar-refractivity contribution in [2.75, 3.05) is 0 Å². The molecule has 0 atom stereocenters. The fourth-order valence-electron chi connectivity index (χ4n) is 2.62. The standard InChI is InChI=1S/C17H13ClN4/c1-12-16-17(22(20-12)15-5-3-2-4-6-15)19-11-21(16)14-9-7-13(18)8-10-14/h2-11H,1H3. The molecule has 0 saturated carbocycles. The molecule has 0 unspecified atom stereocenters. The molecule has 0 bridgehead atoms. The maximum absolute atomic E-state index is 5.97. The average Bonchev–Trinajstić information content (AvgIpc) is 3.11. The smallest absolute Gasteiger partial charge is 0.181 e. The molecule has 0 aliphatic rings. The lowest BCUT2D eigenvalue weighted by molar-refractivity contribution is 0.872. The number of fused-ring (bicyclic) bond motifs is 1. The maximum atomic E-state index is 5.97. The van der Waals surface area contributed by atoms with Gasteiger partial charge in [0.05, 0.1) is 11.4 Å². The van der Waals surface area contributed by atoms with Crippen LogP contribution in [0.4, 0.5) is 0 Å². The van der Waals surface area contributed by atoms with Crippen molar-refractivity contribution in [1.29, 1.82) is 0 Å². The minimum atomic E-state index is 0.719. The van der Waals surface area contributed by atoms with Crippen LogP contribution in [0.5, 0.6) is 0 Å². The topological polar surface area (TPSA) is 35.6 Å². The van der Waals surface area contributed by atoms with Crippen LogP contribution in [0.25, 0.3) is 22.5 Å². The number of aromatic nitrogens is 4. The molecule has 0 radical (unpaired) electrons. The van der Waals surface area contributed by atoms with E-state index < -0.39 is 0 Å². The molecule has 0 amide bonds. The third-order valence-electron chi connectivity index (χ3n) is 3.65. The third kappa shape index (κ3) is 2.00. The molecule has 0 saturated heterocycles. The van der Waals surface area contributed by atoms with Crippen LogP contribution >= 0.6 is 11.6 Å². The number of imidazole rings is 1. The van der Waals surface area contributed by atoms with Crippen molar-refractivity contribution in [3.05, 3.63) is 71.6 Å². The van der Waals surface area contributed by atoms with E-state index in [1.54, 1.807) is 0 Å². The van der Waals surface area contributed by atoms with Crippen LogP contribution in [0, 0.1) is 6.92 Å². The first-order valence-corrected chi connectivity index (χ1v) is 7.36. The number of para-hydroxylation sites is 1. The number of benzene rings is 2. The number of rotatable bonds is 2. The van der Waals surface area contributed by atoms with Crippen molar-refractivity contribution >= 4 is 22.8 Å². The summed E-state index contributed by atoms with van der Waals surface area (Å²) >= 11 is 5.97. The summed E-state index contributed by atoms with van der Waals surface area (Å²) in [5, 5.41) is 5.35. The lowest BCUT2D eigenvalue weighted by atomic mass is 10.3. The summed E-state index contributed by atoms with van der Waals surface area (Å²) in [5.74, 6) is 0. The van der Waals surface area contributed by atoms with Gasteiger partial charge < -0.3 is 0 Å². The Bertz CT molecular complexity index is 936. The van der Waals surface area contributed by atoms with Gasteiger partial charge in [-0.1, -0.05) is 29.8 Å². The first kappa shape index (κ1) is 13.1. The highest BCUT2D eigenvalue weighted by molar-refractivity contribution is 6.30. The summed E-state index contributed by atoms with van der Waals surface area (Å²) in [4.78, 5) is 4.55. The Morgan fingerprint density at radius 2 is 1.64 bits per heavy atom. The van der Waals surface area contributed by atoms with Gasteiger partial charge in [0, 0.05) is 10.7 Å². The van der Waals surface area contributed by atoms with Crippen LogP contribution in [0.3, 0.4) is 0 Å². The summed E-state index contributed by atoms with van der Waals surface area (Å²) in [6.07, 6.45) is 1.82. The van der Waals surface area contributed by atoms with Gasteiger partial charge in [0.2, 0.25) is 0 Å². The minimum Gasteiger partial charge on any atom is -0.296 e. The number of halogens is 1. The van der Waals surface area contributed by atoms with Gasteiger partial charge in [-0.25, -0.2) is 9.67 Å². The largest absolute Gasteiger partial charge is 0.296 e. The Hall–Kier alpha value is -2.59. The Morgan fingerprint density at radius 1 is 0.909 bits per heavy atom. The predicted octanol–water partition coefficient (Wildman–Crippen LogP) is 4.17. The molecule has 4 rings (SSSR count). The molecule has 22 heavy (non-hydrogen) atoms. The van der Waals surface area contributed by atoms with E-state index in [-0.39, 0.29) is 0 Å². The van der Waals surface area contributed by atoms with Crippen LogP contribution in [-0.4, -0.2) is 19.3 Å². The van der Waals surface area contributed by atoms with E-state index in [0.717, 1.165) is 33.3 Å². The predicted molar refractivity (Wildman–Crippen MR) is 87.9 cm³/mol. The van der Waals surface area contributed by atoms with Gasteiger partial charge in [-0.3, -0.25) is 4.57 Å². The molecule has 0 fully saturated rings. The Labute approximate surface area is 132 Å². The zero-order valence-electron chi connectivity index (χ0n) is 11.9. The molecular formula is C17H13ClN4. The molecule has 2 heterocycles. The van der Waals surface area contributed by atoms with Crippen molar-refractivity contribution in [3.8, 4) is 11.4 Å². The second-order valence-electron chi connectivity index (χ2n) is 5.10. The van der Waals surface area contributed by atoms with Gasteiger partial charge in [0.25, 0.3) is 0 Å². The SMILES string of the molecule is Cc1nn(-c2ccccc2)c2ncn(-c3ccc(Cl)cc3)c12. The van der Waals surface area contributed by atoms with E-state index in [2.05, 4.69) is 10.1 Å². The molecule has 0 aliphatic heterocycles. The molecule has 2 aromatic heterocycles. The number of aryl methyl sites for hydroxylation is 1. The van der Waals surface area contributed by atoms with Gasteiger partial charge in [-0.15, -0.1) is 0 Å². The van der Waals surface area contributed by atoms with Crippen LogP contribution in [0.1, 0.15) is 5.69 Å². The zero-order chi connectivity index (χ0) is 15.1. The highest BCUT2D eigenvalue weighted by Gasteiger charge is 2.15. The molecule has 4 aromatic rings. The van der Waals surface area contributed by atoms with Gasteiger partial charge in [-0.05, 0) is 43.3 Å². The fourth-order valence-corrected chi connectivity index (χ4v) is 2.75. The van der Waals surface area contributed by atoms with Gasteiger partial charge in [-0.2, -0.15) is 5.10 Å². The molecule has 0 spiro atoms. The van der Waals surface area contributed by atoms with Crippen molar-refractivity contribution in [2.24, 2.45) is 0 Å². The summed E-state index contributed by atoms with van der Waals surface area (Å²) in [6.45, 7) is 2.00. The highest BCUT2D eigenvalue weighted by atomic mass is 35.5. The van der Waals surface area contributed by atoms with E-state index >= 15 is 0 Å². The molecule has 0 N–H and O–H groups in total. The Morgan fingerprint density at radius 3 is 2.36 bits per heavy atom.